The predicted octanol–water partition coefficient (Wildman–Crippen LogP) is 1.81. The van der Waals surface area contributed by atoms with E-state index in [1.165, 1.54) is 0 Å². The van der Waals surface area contributed by atoms with Crippen LogP contribution in [0.15, 0.2) is 12.1 Å². The van der Waals surface area contributed by atoms with Crippen LogP contribution in [-0.2, 0) is 19.1 Å². The average molecular weight is 561 g/mol. The van der Waals surface area contributed by atoms with Crippen molar-refractivity contribution in [2.75, 3.05) is 58.3 Å². The average Bonchev–Trinajstić information content (AvgIpc) is 2.79. The monoisotopic (exact) mass is 561 g/mol. The molecule has 3 rings (SSSR count). The second kappa shape index (κ2) is 13.5. The van der Waals surface area contributed by atoms with Gasteiger partial charge in [0.1, 0.15) is 5.60 Å². The molecule has 216 valence electrons. The molecule has 2 fully saturated rings. The van der Waals surface area contributed by atoms with E-state index in [0.29, 0.717) is 26.2 Å². The largest absolute Gasteiger partial charge is 0.490 e. The summed E-state index contributed by atoms with van der Waals surface area (Å²) in [6.45, 7) is 6.04. The van der Waals surface area contributed by atoms with Crippen molar-refractivity contribution in [2.45, 2.75) is 37.7 Å². The van der Waals surface area contributed by atoms with E-state index in [4.69, 9.17) is 24.5 Å². The number of carboxylic acids is 2. The number of likely N-dealkylation sites (N-methyl/N-ethyl adjacent to an activating group) is 1. The van der Waals surface area contributed by atoms with Crippen LogP contribution < -0.4 is 4.90 Å². The van der Waals surface area contributed by atoms with Gasteiger partial charge in [0, 0.05) is 13.1 Å². The number of amides is 1. The third-order valence-electron chi connectivity index (χ3n) is 5.18. The Balaban J connectivity index is 0.000000426. The lowest BCUT2D eigenvalue weighted by molar-refractivity contribution is -0.193. The Bertz CT molecular complexity index is 916. The number of carbonyl (C=O) groups excluding carboxylic acids is 1. The molecule has 1 aromatic heterocycles. The SMILES string of the molecule is Cc1ccc(N2CCCC3(CN(C(=O)CN(C)C)CCO3)C2)nn1.O=C(O)C(F)(F)F.O=C(O)C(F)(F)F. The Kier molecular flexibility index (Phi) is 11.7. The van der Waals surface area contributed by atoms with Crippen LogP contribution in [0.5, 0.6) is 0 Å². The zero-order chi connectivity index (χ0) is 29.3. The fraction of sp³-hybridized carbons (Fsp3) is 0.667. The van der Waals surface area contributed by atoms with Crippen molar-refractivity contribution in [3.63, 3.8) is 0 Å². The standard InChI is InChI=1S/C17H27N5O2.2C2HF3O2/c1-14-5-6-15(19-18-14)21-8-4-7-17(12-21)13-22(9-10-24-17)16(23)11-20(2)3;2*3-2(4,5)1(6)7/h5-6H,4,7-13H2,1-3H3;2*(H,6,7). The maximum Gasteiger partial charge on any atom is 0.490 e. The number of nitrogens with zero attached hydrogens (tertiary/aromatic N) is 5. The third-order valence-corrected chi connectivity index (χ3v) is 5.18. The van der Waals surface area contributed by atoms with Crippen LogP contribution in [0.3, 0.4) is 0 Å². The summed E-state index contributed by atoms with van der Waals surface area (Å²) in [5, 5.41) is 22.7. The summed E-state index contributed by atoms with van der Waals surface area (Å²) in [5.74, 6) is -4.45. The first-order chi connectivity index (χ1) is 17.4. The molecule has 3 heterocycles. The van der Waals surface area contributed by atoms with Crippen LogP contribution >= 0.6 is 0 Å². The smallest absolute Gasteiger partial charge is 0.475 e. The van der Waals surface area contributed by atoms with Gasteiger partial charge >= 0.3 is 24.3 Å². The molecule has 1 amide bonds. The maximum atomic E-state index is 12.4. The molecule has 38 heavy (non-hydrogen) atoms. The fourth-order valence-electron chi connectivity index (χ4n) is 3.53. The molecule has 17 heteroatoms. The molecule has 2 N–H and O–H groups in total. The van der Waals surface area contributed by atoms with Crippen molar-refractivity contribution < 1.29 is 55.7 Å². The van der Waals surface area contributed by atoms with Gasteiger partial charge in [0.15, 0.2) is 5.82 Å². The number of morpholine rings is 1. The fourth-order valence-corrected chi connectivity index (χ4v) is 3.53. The molecule has 0 radical (unpaired) electrons. The number of aromatic nitrogens is 2. The molecule has 2 aliphatic heterocycles. The summed E-state index contributed by atoms with van der Waals surface area (Å²) in [4.78, 5) is 36.3. The highest BCUT2D eigenvalue weighted by molar-refractivity contribution is 5.78. The number of piperidine rings is 1. The zero-order valence-electron chi connectivity index (χ0n) is 20.8. The molecule has 1 unspecified atom stereocenters. The first kappa shape index (κ1) is 32.8. The number of aryl methyl sites for hydroxylation is 1. The Morgan fingerprint density at radius 2 is 1.55 bits per heavy atom. The van der Waals surface area contributed by atoms with Crippen LogP contribution in [0, 0.1) is 6.92 Å². The summed E-state index contributed by atoms with van der Waals surface area (Å²) in [6.07, 6.45) is -8.15. The molecular formula is C21H29F6N5O6. The quantitative estimate of drug-likeness (QED) is 0.526. The minimum absolute atomic E-state index is 0.176. The van der Waals surface area contributed by atoms with E-state index in [2.05, 4.69) is 15.1 Å². The summed E-state index contributed by atoms with van der Waals surface area (Å²) in [6, 6.07) is 4.00. The van der Waals surface area contributed by atoms with Gasteiger partial charge in [-0.15, -0.1) is 5.10 Å². The van der Waals surface area contributed by atoms with E-state index in [1.807, 2.05) is 43.0 Å². The van der Waals surface area contributed by atoms with Gasteiger partial charge in [0.2, 0.25) is 5.91 Å². The first-order valence-electron chi connectivity index (χ1n) is 11.1. The molecule has 0 saturated carbocycles. The summed E-state index contributed by atoms with van der Waals surface area (Å²) >= 11 is 0. The number of carboxylic acid groups (broad SMARTS) is 2. The molecule has 1 aromatic rings. The lowest BCUT2D eigenvalue weighted by atomic mass is 9.90. The van der Waals surface area contributed by atoms with Crippen LogP contribution in [0.4, 0.5) is 32.2 Å². The van der Waals surface area contributed by atoms with Gasteiger partial charge in [-0.2, -0.15) is 31.4 Å². The summed E-state index contributed by atoms with van der Waals surface area (Å²) in [7, 11) is 3.85. The highest BCUT2D eigenvalue weighted by Crippen LogP contribution is 2.31. The highest BCUT2D eigenvalue weighted by atomic mass is 19.4. The number of halogens is 6. The lowest BCUT2D eigenvalue weighted by Gasteiger charge is -2.48. The van der Waals surface area contributed by atoms with E-state index in [-0.39, 0.29) is 11.5 Å². The van der Waals surface area contributed by atoms with Crippen LogP contribution in [0.2, 0.25) is 0 Å². The number of rotatable bonds is 3. The van der Waals surface area contributed by atoms with Gasteiger partial charge in [-0.25, -0.2) is 9.59 Å². The van der Waals surface area contributed by atoms with Crippen LogP contribution in [-0.4, -0.2) is 119 Å². The third kappa shape index (κ3) is 11.0. The van der Waals surface area contributed by atoms with Gasteiger partial charge in [0.25, 0.3) is 0 Å². The second-order valence-corrected chi connectivity index (χ2v) is 8.75. The topological polar surface area (TPSA) is 136 Å². The minimum atomic E-state index is -5.08. The van der Waals surface area contributed by atoms with Gasteiger partial charge in [-0.1, -0.05) is 0 Å². The van der Waals surface area contributed by atoms with E-state index in [0.717, 1.165) is 37.4 Å². The van der Waals surface area contributed by atoms with Crippen molar-refractivity contribution in [3.05, 3.63) is 17.8 Å². The van der Waals surface area contributed by atoms with Crippen LogP contribution in [0.1, 0.15) is 18.5 Å². The Morgan fingerprint density at radius 3 is 2.00 bits per heavy atom. The van der Waals surface area contributed by atoms with E-state index in [1.54, 1.807) is 0 Å². The summed E-state index contributed by atoms with van der Waals surface area (Å²) in [5.41, 5.74) is 0.630. The van der Waals surface area contributed by atoms with E-state index >= 15 is 0 Å². The Morgan fingerprint density at radius 1 is 1.00 bits per heavy atom. The molecule has 2 saturated heterocycles. The molecule has 0 bridgehead atoms. The van der Waals surface area contributed by atoms with Gasteiger partial charge in [0.05, 0.1) is 31.9 Å². The molecule has 0 aromatic carbocycles. The number of anilines is 1. The van der Waals surface area contributed by atoms with Gasteiger partial charge in [-0.05, 0) is 46.0 Å². The second-order valence-electron chi connectivity index (χ2n) is 8.75. The Labute approximate surface area is 214 Å². The predicted molar refractivity (Wildman–Crippen MR) is 119 cm³/mol. The molecule has 1 spiro atoms. The normalized spacial score (nSPS) is 19.7. The minimum Gasteiger partial charge on any atom is -0.475 e. The highest BCUT2D eigenvalue weighted by Gasteiger charge is 2.42. The van der Waals surface area contributed by atoms with Crippen molar-refractivity contribution in [2.24, 2.45) is 0 Å². The maximum absolute atomic E-state index is 12.4. The molecule has 0 aliphatic carbocycles. The van der Waals surface area contributed by atoms with Crippen molar-refractivity contribution in [3.8, 4) is 0 Å². The summed E-state index contributed by atoms with van der Waals surface area (Å²) < 4.78 is 69.6. The number of carbonyl (C=O) groups is 3. The number of aliphatic carboxylic acids is 2. The first-order valence-corrected chi connectivity index (χ1v) is 11.1. The van der Waals surface area contributed by atoms with E-state index in [9.17, 15) is 31.1 Å². The number of ether oxygens (including phenoxy) is 1. The zero-order valence-corrected chi connectivity index (χ0v) is 20.8. The van der Waals surface area contributed by atoms with Gasteiger partial charge in [-0.3, -0.25) is 4.79 Å². The number of hydrogen-bond acceptors (Lipinski definition) is 8. The van der Waals surface area contributed by atoms with Crippen molar-refractivity contribution in [1.82, 2.24) is 20.0 Å². The van der Waals surface area contributed by atoms with Crippen LogP contribution in [0.25, 0.3) is 0 Å². The molecule has 1 atom stereocenters. The molecular weight excluding hydrogens is 532 g/mol. The Hall–Kier alpha value is -3.21. The lowest BCUT2D eigenvalue weighted by Crippen LogP contribution is -2.61. The van der Waals surface area contributed by atoms with Crippen molar-refractivity contribution in [1.29, 1.82) is 0 Å². The van der Waals surface area contributed by atoms with Gasteiger partial charge < -0.3 is 29.6 Å². The van der Waals surface area contributed by atoms with E-state index < -0.39 is 24.3 Å². The number of alkyl halides is 6. The molecule has 11 nitrogen and oxygen atoms in total. The number of hydrogen-bond donors (Lipinski definition) is 2. The van der Waals surface area contributed by atoms with Crippen molar-refractivity contribution >= 4 is 23.7 Å². The molecule has 2 aliphatic rings.